The summed E-state index contributed by atoms with van der Waals surface area (Å²) in [6.45, 7) is 6.91. The number of aliphatic imine (C=N–C) groups is 1. The van der Waals surface area contributed by atoms with E-state index in [2.05, 4.69) is 40.9 Å². The van der Waals surface area contributed by atoms with E-state index in [1.54, 1.807) is 0 Å². The molecule has 1 unspecified atom stereocenters. The van der Waals surface area contributed by atoms with Crippen molar-refractivity contribution in [3.8, 4) is 5.75 Å². The van der Waals surface area contributed by atoms with Gasteiger partial charge in [0, 0.05) is 24.2 Å². The number of rotatable bonds is 5. The van der Waals surface area contributed by atoms with Crippen molar-refractivity contribution in [2.45, 2.75) is 38.8 Å². The first-order chi connectivity index (χ1) is 13.5. The second-order valence-electron chi connectivity index (χ2n) is 7.41. The maximum Gasteiger partial charge on any atom is 0.246 e. The number of hydrogen-bond acceptors (Lipinski definition) is 3. The SMILES string of the molecule is CCNC(=NCC(=O)Nc1ccccc1)NC1CC(C)(C)Oc2ccccc21.I. The molecule has 3 rings (SSSR count). The van der Waals surface area contributed by atoms with E-state index in [0.29, 0.717) is 12.5 Å². The van der Waals surface area contributed by atoms with Crippen LogP contribution in [-0.4, -0.2) is 30.6 Å². The number of hydrogen-bond donors (Lipinski definition) is 3. The second-order valence-corrected chi connectivity index (χ2v) is 7.41. The number of carbonyl (C=O) groups is 1. The van der Waals surface area contributed by atoms with Crippen LogP contribution in [-0.2, 0) is 4.79 Å². The van der Waals surface area contributed by atoms with E-state index >= 15 is 0 Å². The van der Waals surface area contributed by atoms with Gasteiger partial charge in [0.2, 0.25) is 5.91 Å². The summed E-state index contributed by atoms with van der Waals surface area (Å²) >= 11 is 0. The number of amides is 1. The monoisotopic (exact) mass is 508 g/mol. The Morgan fingerprint density at radius 3 is 2.55 bits per heavy atom. The molecular formula is C22H29IN4O2. The van der Waals surface area contributed by atoms with Crippen molar-refractivity contribution in [2.24, 2.45) is 4.99 Å². The van der Waals surface area contributed by atoms with Gasteiger partial charge in [0.1, 0.15) is 17.9 Å². The summed E-state index contributed by atoms with van der Waals surface area (Å²) in [4.78, 5) is 16.7. The summed E-state index contributed by atoms with van der Waals surface area (Å²) in [5, 5.41) is 9.54. The van der Waals surface area contributed by atoms with E-state index in [9.17, 15) is 4.79 Å². The van der Waals surface area contributed by atoms with Crippen LogP contribution in [0.4, 0.5) is 5.69 Å². The summed E-state index contributed by atoms with van der Waals surface area (Å²) in [6.07, 6.45) is 0.796. The minimum Gasteiger partial charge on any atom is -0.487 e. The number of ether oxygens (including phenoxy) is 1. The second kappa shape index (κ2) is 10.5. The van der Waals surface area contributed by atoms with Crippen LogP contribution in [0.15, 0.2) is 59.6 Å². The highest BCUT2D eigenvalue weighted by atomic mass is 127. The van der Waals surface area contributed by atoms with Gasteiger partial charge in [0.15, 0.2) is 5.96 Å². The molecule has 1 aliphatic rings. The third-order valence-electron chi connectivity index (χ3n) is 4.47. The molecular weight excluding hydrogens is 479 g/mol. The number of guanidine groups is 1. The molecule has 29 heavy (non-hydrogen) atoms. The van der Waals surface area contributed by atoms with Crippen LogP contribution in [0.25, 0.3) is 0 Å². The molecule has 1 aliphatic heterocycles. The minimum absolute atomic E-state index is 0. The molecule has 7 heteroatoms. The van der Waals surface area contributed by atoms with Gasteiger partial charge in [0.25, 0.3) is 0 Å². The predicted octanol–water partition coefficient (Wildman–Crippen LogP) is 4.10. The number of benzene rings is 2. The maximum absolute atomic E-state index is 12.2. The third-order valence-corrected chi connectivity index (χ3v) is 4.47. The molecule has 0 spiro atoms. The van der Waals surface area contributed by atoms with Crippen molar-refractivity contribution in [1.82, 2.24) is 10.6 Å². The fourth-order valence-corrected chi connectivity index (χ4v) is 3.29. The highest BCUT2D eigenvalue weighted by molar-refractivity contribution is 14.0. The van der Waals surface area contributed by atoms with Crippen molar-refractivity contribution in [3.63, 3.8) is 0 Å². The molecule has 0 bridgehead atoms. The van der Waals surface area contributed by atoms with Crippen LogP contribution < -0.4 is 20.7 Å². The summed E-state index contributed by atoms with van der Waals surface area (Å²) in [5.41, 5.74) is 1.58. The Bertz CT molecular complexity index is 840. The molecule has 6 nitrogen and oxygen atoms in total. The first-order valence-corrected chi connectivity index (χ1v) is 9.64. The van der Waals surface area contributed by atoms with Gasteiger partial charge < -0.3 is 20.7 Å². The molecule has 0 radical (unpaired) electrons. The average Bonchev–Trinajstić information content (AvgIpc) is 2.66. The molecule has 0 saturated heterocycles. The standard InChI is InChI=1S/C22H28N4O2.HI/c1-4-23-21(24-15-20(27)25-16-10-6-5-7-11-16)26-18-14-22(2,3)28-19-13-9-8-12-17(18)19;/h5-13,18H,4,14-15H2,1-3H3,(H,25,27)(H2,23,24,26);1H. The van der Waals surface area contributed by atoms with Gasteiger partial charge in [-0.05, 0) is 39.0 Å². The fraction of sp³-hybridized carbons (Fsp3) is 0.364. The lowest BCUT2D eigenvalue weighted by Crippen LogP contribution is -2.45. The Morgan fingerprint density at radius 2 is 1.83 bits per heavy atom. The molecule has 3 N–H and O–H groups in total. The lowest BCUT2D eigenvalue weighted by molar-refractivity contribution is -0.114. The van der Waals surface area contributed by atoms with Gasteiger partial charge in [-0.15, -0.1) is 24.0 Å². The number of anilines is 1. The third kappa shape index (κ3) is 6.62. The van der Waals surface area contributed by atoms with E-state index in [1.807, 2.05) is 55.5 Å². The van der Waals surface area contributed by atoms with Crippen molar-refractivity contribution in [3.05, 3.63) is 60.2 Å². The van der Waals surface area contributed by atoms with Gasteiger partial charge in [-0.3, -0.25) is 4.79 Å². The summed E-state index contributed by atoms with van der Waals surface area (Å²) in [5.74, 6) is 1.34. The molecule has 0 aromatic heterocycles. The van der Waals surface area contributed by atoms with Crippen molar-refractivity contribution in [2.75, 3.05) is 18.4 Å². The van der Waals surface area contributed by atoms with Crippen LogP contribution in [0.3, 0.4) is 0 Å². The number of nitrogens with zero attached hydrogens (tertiary/aromatic N) is 1. The highest BCUT2D eigenvalue weighted by Crippen LogP contribution is 2.39. The number of halogens is 1. The molecule has 156 valence electrons. The topological polar surface area (TPSA) is 74.8 Å². The molecule has 1 amide bonds. The Morgan fingerprint density at radius 1 is 1.14 bits per heavy atom. The molecule has 2 aromatic carbocycles. The van der Waals surface area contributed by atoms with Crippen LogP contribution in [0, 0.1) is 0 Å². The predicted molar refractivity (Wildman–Crippen MR) is 128 cm³/mol. The Balaban J connectivity index is 0.00000300. The first-order valence-electron chi connectivity index (χ1n) is 9.64. The van der Waals surface area contributed by atoms with Gasteiger partial charge >= 0.3 is 0 Å². The zero-order valence-corrected chi connectivity index (χ0v) is 19.4. The van der Waals surface area contributed by atoms with Crippen molar-refractivity contribution in [1.29, 1.82) is 0 Å². The lowest BCUT2D eigenvalue weighted by atomic mass is 9.90. The lowest BCUT2D eigenvalue weighted by Gasteiger charge is -2.38. The number of fused-ring (bicyclic) bond motifs is 1. The van der Waals surface area contributed by atoms with Crippen LogP contribution in [0.2, 0.25) is 0 Å². The van der Waals surface area contributed by atoms with Crippen LogP contribution in [0.1, 0.15) is 38.8 Å². The van der Waals surface area contributed by atoms with Crippen LogP contribution in [0.5, 0.6) is 5.75 Å². The highest BCUT2D eigenvalue weighted by Gasteiger charge is 2.33. The summed E-state index contributed by atoms with van der Waals surface area (Å²) < 4.78 is 6.09. The molecule has 0 fully saturated rings. The number of para-hydroxylation sites is 2. The van der Waals surface area contributed by atoms with E-state index in [-0.39, 0.29) is 48.1 Å². The normalized spacial score (nSPS) is 17.2. The van der Waals surface area contributed by atoms with Gasteiger partial charge in [-0.1, -0.05) is 36.4 Å². The van der Waals surface area contributed by atoms with E-state index < -0.39 is 0 Å². The van der Waals surface area contributed by atoms with Crippen molar-refractivity contribution >= 4 is 41.5 Å². The van der Waals surface area contributed by atoms with E-state index in [1.165, 1.54) is 0 Å². The Hall–Kier alpha value is -2.29. The summed E-state index contributed by atoms with van der Waals surface area (Å²) in [7, 11) is 0. The fourth-order valence-electron chi connectivity index (χ4n) is 3.29. The maximum atomic E-state index is 12.2. The molecule has 0 aliphatic carbocycles. The average molecular weight is 508 g/mol. The van der Waals surface area contributed by atoms with Gasteiger partial charge in [-0.25, -0.2) is 4.99 Å². The molecule has 2 aromatic rings. The largest absolute Gasteiger partial charge is 0.487 e. The number of nitrogens with one attached hydrogen (secondary N) is 3. The molecule has 1 atom stereocenters. The zero-order valence-electron chi connectivity index (χ0n) is 17.1. The zero-order chi connectivity index (χ0) is 20.0. The smallest absolute Gasteiger partial charge is 0.246 e. The van der Waals surface area contributed by atoms with Crippen molar-refractivity contribution < 1.29 is 9.53 Å². The number of carbonyl (C=O) groups excluding carboxylic acids is 1. The Kier molecular flexibility index (Phi) is 8.31. The quantitative estimate of drug-likeness (QED) is 0.323. The first kappa shape index (κ1) is 23.0. The Labute approximate surface area is 189 Å². The van der Waals surface area contributed by atoms with Crippen LogP contribution >= 0.6 is 24.0 Å². The summed E-state index contributed by atoms with van der Waals surface area (Å²) in [6, 6.07) is 17.5. The van der Waals surface area contributed by atoms with Gasteiger partial charge in [-0.2, -0.15) is 0 Å². The molecule has 0 saturated carbocycles. The van der Waals surface area contributed by atoms with Gasteiger partial charge in [0.05, 0.1) is 6.04 Å². The van der Waals surface area contributed by atoms with E-state index in [4.69, 9.17) is 4.74 Å². The van der Waals surface area contributed by atoms with E-state index in [0.717, 1.165) is 23.4 Å². The molecule has 1 heterocycles. The minimum atomic E-state index is -0.284.